The van der Waals surface area contributed by atoms with Crippen LogP contribution in [0.4, 0.5) is 0 Å². The first-order chi connectivity index (χ1) is 25.6. The topological polar surface area (TPSA) is 143 Å². The summed E-state index contributed by atoms with van der Waals surface area (Å²) in [4.78, 5) is 64.6. The molecule has 2 N–H and O–H groups in total. The van der Waals surface area contributed by atoms with Crippen LogP contribution in [0.15, 0.2) is 95.7 Å². The number of benzene rings is 2. The quantitative estimate of drug-likeness (QED) is 0.139. The summed E-state index contributed by atoms with van der Waals surface area (Å²) in [6.45, 7) is 4.26. The molecule has 0 aliphatic heterocycles. The van der Waals surface area contributed by atoms with Gasteiger partial charge in [-0.05, 0) is 106 Å². The minimum Gasteiger partial charge on any atom is -0.481 e. The van der Waals surface area contributed by atoms with E-state index in [4.69, 9.17) is 19.2 Å². The van der Waals surface area contributed by atoms with Crippen LogP contribution in [-0.4, -0.2) is 34.5 Å². The summed E-state index contributed by atoms with van der Waals surface area (Å²) in [5.74, 6) is -1.66. The monoisotopic (exact) mass is 796 g/mol. The fourth-order valence-electron chi connectivity index (χ4n) is 5.69. The number of carbonyl (C=O) groups is 2. The van der Waals surface area contributed by atoms with Crippen molar-refractivity contribution >= 4 is 80.9 Å². The molecule has 13 heteroatoms. The highest BCUT2D eigenvalue weighted by atomic mass is 32.1. The lowest BCUT2D eigenvalue weighted by Gasteiger charge is -2.05. The molecule has 0 aliphatic carbocycles. The molecule has 5 aromatic heterocycles. The third kappa shape index (κ3) is 9.36. The molecule has 5 heterocycles. The average Bonchev–Trinajstić information content (AvgIpc) is 3.97. The summed E-state index contributed by atoms with van der Waals surface area (Å²) in [6, 6.07) is 29.5. The standard InChI is InChI=1S/C38H28O4S5.2CO2/c1-21-13-15-43-35(21)23-3-9-26(10-4-23)38-28(20-34(41)42)18-32(47-38)30-12-11-29(45-30)31-17-22(2)36(46-31)24-5-7-25(8-6-24)37-27(14-16-44-37)19-33(39)40;2*2-1-3/h3-18H,19-20H2,1-2H3,(H,39,40)(H,41,42);;. The zero-order valence-corrected chi connectivity index (χ0v) is 32.1. The fraction of sp³-hybridized carbons (Fsp3) is 0.100. The molecule has 0 amide bonds. The molecule has 7 aromatic rings. The van der Waals surface area contributed by atoms with Gasteiger partial charge in [-0.25, -0.2) is 0 Å². The van der Waals surface area contributed by atoms with Gasteiger partial charge in [-0.2, -0.15) is 19.2 Å². The molecule has 0 atom stereocenters. The van der Waals surface area contributed by atoms with Gasteiger partial charge in [0.05, 0.1) is 12.8 Å². The second-order valence-corrected chi connectivity index (χ2v) is 16.4. The molecular formula is C40H28O8S5. The van der Waals surface area contributed by atoms with Crippen molar-refractivity contribution in [2.45, 2.75) is 26.7 Å². The lowest BCUT2D eigenvalue weighted by Crippen LogP contribution is -1.99. The van der Waals surface area contributed by atoms with Crippen molar-refractivity contribution in [2.75, 3.05) is 0 Å². The highest BCUT2D eigenvalue weighted by molar-refractivity contribution is 7.28. The molecule has 0 aliphatic rings. The normalized spacial score (nSPS) is 10.3. The first kappa shape index (κ1) is 38.9. The number of hydrogen-bond donors (Lipinski definition) is 2. The minimum atomic E-state index is -0.834. The maximum absolute atomic E-state index is 11.8. The third-order valence-corrected chi connectivity index (χ3v) is 14.0. The Morgan fingerprint density at radius 2 is 0.925 bits per heavy atom. The average molecular weight is 797 g/mol. The van der Waals surface area contributed by atoms with Crippen molar-refractivity contribution in [2.24, 2.45) is 0 Å². The predicted molar refractivity (Wildman–Crippen MR) is 211 cm³/mol. The van der Waals surface area contributed by atoms with Crippen LogP contribution >= 0.6 is 56.7 Å². The number of carboxylic acid groups (broad SMARTS) is 2. The van der Waals surface area contributed by atoms with E-state index in [1.807, 2.05) is 17.5 Å². The Hall–Kier alpha value is -5.36. The van der Waals surface area contributed by atoms with E-state index in [1.165, 1.54) is 36.2 Å². The molecule has 8 nitrogen and oxygen atoms in total. The van der Waals surface area contributed by atoms with Gasteiger partial charge in [-0.15, -0.1) is 56.7 Å². The van der Waals surface area contributed by atoms with Crippen LogP contribution in [0.1, 0.15) is 22.3 Å². The lowest BCUT2D eigenvalue weighted by atomic mass is 10.0. The molecule has 266 valence electrons. The van der Waals surface area contributed by atoms with Crippen LogP contribution in [0.5, 0.6) is 0 Å². The Bertz CT molecular complexity index is 2410. The largest absolute Gasteiger partial charge is 0.481 e. The van der Waals surface area contributed by atoms with E-state index in [9.17, 15) is 19.8 Å². The first-order valence-electron chi connectivity index (χ1n) is 15.6. The molecule has 0 saturated heterocycles. The van der Waals surface area contributed by atoms with Crippen LogP contribution in [0.3, 0.4) is 0 Å². The third-order valence-electron chi connectivity index (χ3n) is 7.93. The number of aryl methyl sites for hydroxylation is 2. The molecule has 2 aromatic carbocycles. The van der Waals surface area contributed by atoms with Gasteiger partial charge in [0.2, 0.25) is 0 Å². The second-order valence-electron chi connectivity index (χ2n) is 11.4. The highest BCUT2D eigenvalue weighted by Gasteiger charge is 2.18. The van der Waals surface area contributed by atoms with Crippen molar-refractivity contribution in [1.29, 1.82) is 0 Å². The van der Waals surface area contributed by atoms with Crippen LogP contribution < -0.4 is 0 Å². The molecule has 0 saturated carbocycles. The van der Waals surface area contributed by atoms with Crippen molar-refractivity contribution in [1.82, 2.24) is 0 Å². The molecule has 0 radical (unpaired) electrons. The molecule has 7 rings (SSSR count). The van der Waals surface area contributed by atoms with E-state index >= 15 is 0 Å². The summed E-state index contributed by atoms with van der Waals surface area (Å²) in [6.07, 6.45) is 0.503. The number of thiophene rings is 5. The van der Waals surface area contributed by atoms with Gasteiger partial charge in [0.1, 0.15) is 0 Å². The van der Waals surface area contributed by atoms with Crippen molar-refractivity contribution in [3.8, 4) is 61.3 Å². The van der Waals surface area contributed by atoms with Gasteiger partial charge in [0, 0.05) is 39.0 Å². The molecule has 0 unspecified atom stereocenters. The molecule has 0 spiro atoms. The lowest BCUT2D eigenvalue weighted by molar-refractivity contribution is -0.193. The zero-order valence-electron chi connectivity index (χ0n) is 28.0. The van der Waals surface area contributed by atoms with E-state index in [2.05, 4.69) is 92.0 Å². The zero-order chi connectivity index (χ0) is 38.1. The molecule has 53 heavy (non-hydrogen) atoms. The predicted octanol–water partition coefficient (Wildman–Crippen LogP) is 10.7. The summed E-state index contributed by atoms with van der Waals surface area (Å²) in [5.41, 5.74) is 8.52. The summed E-state index contributed by atoms with van der Waals surface area (Å²) >= 11 is 8.45. The SMILES string of the molecule is Cc1ccsc1-c1ccc(-c2sc(-c3ccc(-c4cc(C)c(-c5ccc(-c6sccc6CC(=O)O)cc5)s4)s3)cc2CC(=O)O)cc1.O=C=O.O=C=O. The second kappa shape index (κ2) is 17.9. The van der Waals surface area contributed by atoms with Gasteiger partial charge >= 0.3 is 24.2 Å². The van der Waals surface area contributed by atoms with E-state index < -0.39 is 11.9 Å². The maximum Gasteiger partial charge on any atom is 0.373 e. The van der Waals surface area contributed by atoms with Crippen LogP contribution in [0, 0.1) is 13.8 Å². The number of rotatable bonds is 10. The van der Waals surface area contributed by atoms with E-state index in [0.29, 0.717) is 0 Å². The van der Waals surface area contributed by atoms with Crippen molar-refractivity contribution in [3.05, 3.63) is 118 Å². The van der Waals surface area contributed by atoms with Gasteiger partial charge < -0.3 is 10.2 Å². The summed E-state index contributed by atoms with van der Waals surface area (Å²) in [7, 11) is 0. The Balaban J connectivity index is 0.000000847. The van der Waals surface area contributed by atoms with Crippen LogP contribution in [-0.2, 0) is 41.6 Å². The number of carboxylic acids is 2. The highest BCUT2D eigenvalue weighted by Crippen LogP contribution is 2.46. The molecule has 0 bridgehead atoms. The smallest absolute Gasteiger partial charge is 0.373 e. The van der Waals surface area contributed by atoms with Crippen LogP contribution in [0.2, 0.25) is 0 Å². The van der Waals surface area contributed by atoms with Crippen LogP contribution in [0.25, 0.3) is 61.3 Å². The van der Waals surface area contributed by atoms with Gasteiger partial charge in [0.15, 0.2) is 0 Å². The molecular weight excluding hydrogens is 769 g/mol. The Kier molecular flexibility index (Phi) is 13.1. The van der Waals surface area contributed by atoms with Crippen molar-refractivity contribution < 1.29 is 39.0 Å². The Morgan fingerprint density at radius 3 is 1.45 bits per heavy atom. The number of hydrogen-bond acceptors (Lipinski definition) is 11. The fourth-order valence-corrected chi connectivity index (χ4v) is 11.1. The molecule has 0 fully saturated rings. The maximum atomic E-state index is 11.8. The van der Waals surface area contributed by atoms with Gasteiger partial charge in [-0.3, -0.25) is 9.59 Å². The van der Waals surface area contributed by atoms with Gasteiger partial charge in [0.25, 0.3) is 0 Å². The van der Waals surface area contributed by atoms with E-state index in [-0.39, 0.29) is 25.1 Å². The van der Waals surface area contributed by atoms with E-state index in [1.54, 1.807) is 56.7 Å². The summed E-state index contributed by atoms with van der Waals surface area (Å²) in [5, 5.41) is 23.0. The summed E-state index contributed by atoms with van der Waals surface area (Å²) < 4.78 is 0. The number of carbonyl (C=O) groups excluding carboxylic acids is 4. The Morgan fingerprint density at radius 1 is 0.491 bits per heavy atom. The van der Waals surface area contributed by atoms with Gasteiger partial charge in [-0.1, -0.05) is 48.5 Å². The Labute approximate surface area is 323 Å². The van der Waals surface area contributed by atoms with Crippen molar-refractivity contribution in [3.63, 3.8) is 0 Å². The number of aliphatic carboxylic acids is 2. The minimum absolute atomic E-state index is 0.0184. The first-order valence-corrected chi connectivity index (χ1v) is 19.9. The van der Waals surface area contributed by atoms with E-state index in [0.717, 1.165) is 47.3 Å².